The Labute approximate surface area is 100 Å². The van der Waals surface area contributed by atoms with E-state index in [0.717, 1.165) is 22.0 Å². The van der Waals surface area contributed by atoms with Gasteiger partial charge in [-0.15, -0.1) is 11.3 Å². The second kappa shape index (κ2) is 6.60. The summed E-state index contributed by atoms with van der Waals surface area (Å²) in [4.78, 5) is 16.9. The van der Waals surface area contributed by atoms with Gasteiger partial charge in [0, 0.05) is 25.1 Å². The SMILES string of the molecule is COCCCNC(=O)Cc1sc(C)nc1C. The molecule has 0 saturated carbocycles. The van der Waals surface area contributed by atoms with Gasteiger partial charge in [0.15, 0.2) is 0 Å². The van der Waals surface area contributed by atoms with Crippen molar-refractivity contribution in [3.05, 3.63) is 15.6 Å². The van der Waals surface area contributed by atoms with Crippen LogP contribution in [0.4, 0.5) is 0 Å². The summed E-state index contributed by atoms with van der Waals surface area (Å²) in [6.07, 6.45) is 1.28. The van der Waals surface area contributed by atoms with Crippen LogP contribution in [-0.2, 0) is 16.0 Å². The first kappa shape index (κ1) is 13.1. The van der Waals surface area contributed by atoms with Crippen LogP contribution in [0.15, 0.2) is 0 Å². The third kappa shape index (κ3) is 4.28. The van der Waals surface area contributed by atoms with Crippen LogP contribution in [-0.4, -0.2) is 31.2 Å². The Balaban J connectivity index is 2.31. The molecule has 0 saturated heterocycles. The highest BCUT2D eigenvalue weighted by Crippen LogP contribution is 2.17. The maximum atomic E-state index is 11.6. The molecule has 1 aromatic rings. The Morgan fingerprint density at radius 3 is 2.81 bits per heavy atom. The number of hydrogen-bond donors (Lipinski definition) is 1. The summed E-state index contributed by atoms with van der Waals surface area (Å²) in [5.74, 6) is 0.0582. The van der Waals surface area contributed by atoms with E-state index in [1.54, 1.807) is 18.4 Å². The van der Waals surface area contributed by atoms with Crippen molar-refractivity contribution in [1.29, 1.82) is 0 Å². The number of aromatic nitrogens is 1. The van der Waals surface area contributed by atoms with Gasteiger partial charge < -0.3 is 10.1 Å². The van der Waals surface area contributed by atoms with Crippen molar-refractivity contribution in [1.82, 2.24) is 10.3 Å². The number of hydrogen-bond acceptors (Lipinski definition) is 4. The topological polar surface area (TPSA) is 51.2 Å². The Kier molecular flexibility index (Phi) is 5.42. The highest BCUT2D eigenvalue weighted by molar-refractivity contribution is 7.11. The number of carbonyl (C=O) groups excluding carboxylic acids is 1. The van der Waals surface area contributed by atoms with Crippen LogP contribution in [0.3, 0.4) is 0 Å². The minimum absolute atomic E-state index is 0.0582. The normalized spacial score (nSPS) is 10.4. The quantitative estimate of drug-likeness (QED) is 0.768. The summed E-state index contributed by atoms with van der Waals surface area (Å²) in [6.45, 7) is 5.25. The minimum Gasteiger partial charge on any atom is -0.385 e. The first-order valence-corrected chi connectivity index (χ1v) is 6.13. The summed E-state index contributed by atoms with van der Waals surface area (Å²) in [7, 11) is 1.66. The third-order valence-corrected chi connectivity index (χ3v) is 3.24. The third-order valence-electron chi connectivity index (χ3n) is 2.17. The monoisotopic (exact) mass is 242 g/mol. The van der Waals surface area contributed by atoms with Gasteiger partial charge in [0.2, 0.25) is 5.91 Å². The van der Waals surface area contributed by atoms with Crippen molar-refractivity contribution in [2.24, 2.45) is 0 Å². The smallest absolute Gasteiger partial charge is 0.225 e. The molecule has 1 N–H and O–H groups in total. The molecular formula is C11H18N2O2S. The molecule has 0 aliphatic carbocycles. The van der Waals surface area contributed by atoms with Gasteiger partial charge in [-0.25, -0.2) is 4.98 Å². The molecule has 1 amide bonds. The van der Waals surface area contributed by atoms with E-state index in [0.29, 0.717) is 19.6 Å². The number of thiazole rings is 1. The molecule has 0 aliphatic rings. The largest absolute Gasteiger partial charge is 0.385 e. The zero-order chi connectivity index (χ0) is 12.0. The zero-order valence-corrected chi connectivity index (χ0v) is 10.8. The second-order valence-electron chi connectivity index (χ2n) is 3.61. The van der Waals surface area contributed by atoms with Gasteiger partial charge >= 0.3 is 0 Å². The van der Waals surface area contributed by atoms with Crippen molar-refractivity contribution in [3.8, 4) is 0 Å². The molecule has 1 rings (SSSR count). The van der Waals surface area contributed by atoms with Crippen molar-refractivity contribution in [2.45, 2.75) is 26.7 Å². The Morgan fingerprint density at radius 1 is 1.50 bits per heavy atom. The fraction of sp³-hybridized carbons (Fsp3) is 0.636. The molecule has 0 spiro atoms. The average Bonchev–Trinajstić information content (AvgIpc) is 2.52. The van der Waals surface area contributed by atoms with E-state index in [-0.39, 0.29) is 5.91 Å². The molecule has 16 heavy (non-hydrogen) atoms. The molecule has 0 atom stereocenters. The lowest BCUT2D eigenvalue weighted by atomic mass is 10.3. The van der Waals surface area contributed by atoms with Crippen molar-refractivity contribution >= 4 is 17.2 Å². The number of ether oxygens (including phenoxy) is 1. The van der Waals surface area contributed by atoms with E-state index in [1.165, 1.54) is 0 Å². The summed E-state index contributed by atoms with van der Waals surface area (Å²) in [5.41, 5.74) is 0.967. The highest BCUT2D eigenvalue weighted by atomic mass is 32.1. The Bertz CT molecular complexity index is 350. The molecule has 0 radical (unpaired) electrons. The zero-order valence-electron chi connectivity index (χ0n) is 10.0. The van der Waals surface area contributed by atoms with E-state index in [9.17, 15) is 4.79 Å². The molecule has 0 unspecified atom stereocenters. The first-order chi connectivity index (χ1) is 7.63. The van der Waals surface area contributed by atoms with Gasteiger partial charge in [0.25, 0.3) is 0 Å². The number of methoxy groups -OCH3 is 1. The standard InChI is InChI=1S/C11H18N2O2S/c1-8-10(16-9(2)13-8)7-11(14)12-5-4-6-15-3/h4-7H2,1-3H3,(H,12,14). The van der Waals surface area contributed by atoms with Gasteiger partial charge in [0.1, 0.15) is 0 Å². The molecule has 90 valence electrons. The van der Waals surface area contributed by atoms with Crippen LogP contribution in [0.25, 0.3) is 0 Å². The number of amides is 1. The maximum Gasteiger partial charge on any atom is 0.225 e. The van der Waals surface area contributed by atoms with Crippen LogP contribution in [0, 0.1) is 13.8 Å². The number of aryl methyl sites for hydroxylation is 2. The van der Waals surface area contributed by atoms with Gasteiger partial charge in [-0.3, -0.25) is 4.79 Å². The van der Waals surface area contributed by atoms with Crippen LogP contribution >= 0.6 is 11.3 Å². The van der Waals surface area contributed by atoms with Gasteiger partial charge in [-0.05, 0) is 20.3 Å². The molecule has 1 aromatic heterocycles. The molecular weight excluding hydrogens is 224 g/mol. The molecule has 5 heteroatoms. The average molecular weight is 242 g/mol. The lowest BCUT2D eigenvalue weighted by Gasteiger charge is -2.03. The summed E-state index contributed by atoms with van der Waals surface area (Å²) < 4.78 is 4.91. The predicted molar refractivity (Wildman–Crippen MR) is 64.8 cm³/mol. The Hall–Kier alpha value is -0.940. The van der Waals surface area contributed by atoms with Gasteiger partial charge in [0.05, 0.1) is 17.1 Å². The molecule has 1 heterocycles. The van der Waals surface area contributed by atoms with E-state index >= 15 is 0 Å². The van der Waals surface area contributed by atoms with E-state index in [2.05, 4.69) is 10.3 Å². The number of nitrogens with zero attached hydrogens (tertiary/aromatic N) is 1. The number of carbonyl (C=O) groups is 1. The van der Waals surface area contributed by atoms with Crippen LogP contribution in [0.1, 0.15) is 22.0 Å². The van der Waals surface area contributed by atoms with E-state index in [1.807, 2.05) is 13.8 Å². The summed E-state index contributed by atoms with van der Waals surface area (Å²) in [6, 6.07) is 0. The van der Waals surface area contributed by atoms with Gasteiger partial charge in [-0.2, -0.15) is 0 Å². The van der Waals surface area contributed by atoms with Crippen LogP contribution in [0.5, 0.6) is 0 Å². The predicted octanol–water partition coefficient (Wildman–Crippen LogP) is 1.46. The minimum atomic E-state index is 0.0582. The molecule has 0 bridgehead atoms. The van der Waals surface area contributed by atoms with Crippen molar-refractivity contribution in [2.75, 3.05) is 20.3 Å². The summed E-state index contributed by atoms with van der Waals surface area (Å²) >= 11 is 1.59. The molecule has 0 aliphatic heterocycles. The lowest BCUT2D eigenvalue weighted by molar-refractivity contribution is -0.120. The first-order valence-electron chi connectivity index (χ1n) is 5.32. The maximum absolute atomic E-state index is 11.6. The highest BCUT2D eigenvalue weighted by Gasteiger charge is 2.09. The fourth-order valence-electron chi connectivity index (χ4n) is 1.39. The summed E-state index contributed by atoms with van der Waals surface area (Å²) in [5, 5.41) is 3.88. The van der Waals surface area contributed by atoms with E-state index < -0.39 is 0 Å². The van der Waals surface area contributed by atoms with Crippen molar-refractivity contribution in [3.63, 3.8) is 0 Å². The second-order valence-corrected chi connectivity index (χ2v) is 4.90. The number of nitrogens with one attached hydrogen (secondary N) is 1. The van der Waals surface area contributed by atoms with Crippen molar-refractivity contribution < 1.29 is 9.53 Å². The Morgan fingerprint density at radius 2 is 2.25 bits per heavy atom. The van der Waals surface area contributed by atoms with E-state index in [4.69, 9.17) is 4.74 Å². The van der Waals surface area contributed by atoms with Gasteiger partial charge in [-0.1, -0.05) is 0 Å². The lowest BCUT2D eigenvalue weighted by Crippen LogP contribution is -2.26. The number of rotatable bonds is 6. The van der Waals surface area contributed by atoms with Crippen LogP contribution in [0.2, 0.25) is 0 Å². The molecule has 4 nitrogen and oxygen atoms in total. The van der Waals surface area contributed by atoms with Crippen LogP contribution < -0.4 is 5.32 Å². The molecule has 0 fully saturated rings. The molecule has 0 aromatic carbocycles. The fourth-order valence-corrected chi connectivity index (χ4v) is 2.33.